The monoisotopic (exact) mass is 252 g/mol. The largest absolute Gasteiger partial charge is 0.351 e. The molecular weight excluding hydrogens is 236 g/mol. The molecule has 0 radical (unpaired) electrons. The highest BCUT2D eigenvalue weighted by molar-refractivity contribution is 5.91. The molecular formula is C16H16N2O. The van der Waals surface area contributed by atoms with Crippen LogP contribution >= 0.6 is 0 Å². The minimum absolute atomic E-state index is 0.135. The van der Waals surface area contributed by atoms with Gasteiger partial charge in [0.25, 0.3) is 0 Å². The summed E-state index contributed by atoms with van der Waals surface area (Å²) in [6.45, 7) is 0.565. The van der Waals surface area contributed by atoms with E-state index in [1.54, 1.807) is 12.4 Å². The third-order valence-electron chi connectivity index (χ3n) is 3.71. The van der Waals surface area contributed by atoms with E-state index in [2.05, 4.69) is 10.3 Å². The van der Waals surface area contributed by atoms with Crippen LogP contribution in [0, 0.1) is 0 Å². The van der Waals surface area contributed by atoms with E-state index in [1.165, 1.54) is 0 Å². The third kappa shape index (κ3) is 2.36. The predicted molar refractivity (Wildman–Crippen MR) is 73.4 cm³/mol. The zero-order chi connectivity index (χ0) is 13.1. The summed E-state index contributed by atoms with van der Waals surface area (Å²) in [6, 6.07) is 13.9. The molecule has 1 aromatic carbocycles. The van der Waals surface area contributed by atoms with Crippen LogP contribution in [0.4, 0.5) is 0 Å². The number of aromatic nitrogens is 1. The van der Waals surface area contributed by atoms with Crippen molar-refractivity contribution in [1.82, 2.24) is 10.3 Å². The van der Waals surface area contributed by atoms with Crippen molar-refractivity contribution in [1.29, 1.82) is 0 Å². The molecule has 1 fully saturated rings. The minimum Gasteiger partial charge on any atom is -0.351 e. The molecule has 1 saturated carbocycles. The quantitative estimate of drug-likeness (QED) is 0.908. The first-order valence-corrected chi connectivity index (χ1v) is 6.54. The fraction of sp³-hybridized carbons (Fsp3) is 0.250. The van der Waals surface area contributed by atoms with Crippen molar-refractivity contribution in [2.75, 3.05) is 0 Å². The average Bonchev–Trinajstić information content (AvgIpc) is 3.28. The number of carbonyl (C=O) groups is 1. The van der Waals surface area contributed by atoms with E-state index in [0.717, 1.165) is 24.0 Å². The number of hydrogen-bond donors (Lipinski definition) is 1. The first kappa shape index (κ1) is 11.9. The fourth-order valence-electron chi connectivity index (χ4n) is 2.38. The van der Waals surface area contributed by atoms with Gasteiger partial charge >= 0.3 is 0 Å². The number of amides is 1. The molecule has 96 valence electrons. The Morgan fingerprint density at radius 2 is 1.79 bits per heavy atom. The van der Waals surface area contributed by atoms with Gasteiger partial charge in [-0.2, -0.15) is 0 Å². The molecule has 0 bridgehead atoms. The SMILES string of the molecule is O=C(NCc1ccncc1)C1(c2ccccc2)CC1. The Morgan fingerprint density at radius 3 is 2.42 bits per heavy atom. The summed E-state index contributed by atoms with van der Waals surface area (Å²) in [6.07, 6.45) is 5.37. The van der Waals surface area contributed by atoms with Gasteiger partial charge in [0.15, 0.2) is 0 Å². The van der Waals surface area contributed by atoms with Gasteiger partial charge in [-0.15, -0.1) is 0 Å². The smallest absolute Gasteiger partial charge is 0.230 e. The highest BCUT2D eigenvalue weighted by Gasteiger charge is 2.50. The Hall–Kier alpha value is -2.16. The van der Waals surface area contributed by atoms with Crippen LogP contribution < -0.4 is 5.32 Å². The number of nitrogens with one attached hydrogen (secondary N) is 1. The van der Waals surface area contributed by atoms with Crippen LogP contribution in [0.25, 0.3) is 0 Å². The Kier molecular flexibility index (Phi) is 3.03. The van der Waals surface area contributed by atoms with E-state index in [9.17, 15) is 4.79 Å². The average molecular weight is 252 g/mol. The maximum absolute atomic E-state index is 12.4. The highest BCUT2D eigenvalue weighted by Crippen LogP contribution is 2.48. The zero-order valence-corrected chi connectivity index (χ0v) is 10.7. The standard InChI is InChI=1S/C16H16N2O/c19-15(18-12-13-6-10-17-11-7-13)16(8-9-16)14-4-2-1-3-5-14/h1-7,10-11H,8-9,12H2,(H,18,19). The van der Waals surface area contributed by atoms with Gasteiger partial charge < -0.3 is 5.32 Å². The Balaban J connectivity index is 1.68. The Bertz CT molecular complexity index is 562. The van der Waals surface area contributed by atoms with Crippen LogP contribution in [0.3, 0.4) is 0 Å². The van der Waals surface area contributed by atoms with Crippen LogP contribution in [0.15, 0.2) is 54.9 Å². The van der Waals surface area contributed by atoms with Crippen LogP contribution in [0.1, 0.15) is 24.0 Å². The summed E-state index contributed by atoms with van der Waals surface area (Å²) < 4.78 is 0. The lowest BCUT2D eigenvalue weighted by Gasteiger charge is -2.15. The molecule has 3 nitrogen and oxygen atoms in total. The second-order valence-electron chi connectivity index (χ2n) is 4.99. The zero-order valence-electron chi connectivity index (χ0n) is 10.7. The van der Waals surface area contributed by atoms with Gasteiger partial charge in [-0.3, -0.25) is 9.78 Å². The van der Waals surface area contributed by atoms with Crippen LogP contribution in [-0.2, 0) is 16.8 Å². The predicted octanol–water partition coefficient (Wildman–Crippen LogP) is 2.43. The Labute approximate surface area is 112 Å². The Morgan fingerprint density at radius 1 is 1.11 bits per heavy atom. The maximum atomic E-state index is 12.4. The fourth-order valence-corrected chi connectivity index (χ4v) is 2.38. The van der Waals surface area contributed by atoms with E-state index >= 15 is 0 Å². The third-order valence-corrected chi connectivity index (χ3v) is 3.71. The minimum atomic E-state index is -0.283. The second kappa shape index (κ2) is 4.84. The normalized spacial score (nSPS) is 15.8. The summed E-state index contributed by atoms with van der Waals surface area (Å²) in [4.78, 5) is 16.3. The van der Waals surface area contributed by atoms with Crippen molar-refractivity contribution in [2.45, 2.75) is 24.8 Å². The maximum Gasteiger partial charge on any atom is 0.230 e. The summed E-state index contributed by atoms with van der Waals surface area (Å²) in [5, 5.41) is 3.03. The van der Waals surface area contributed by atoms with Crippen molar-refractivity contribution >= 4 is 5.91 Å². The topological polar surface area (TPSA) is 42.0 Å². The first-order valence-electron chi connectivity index (χ1n) is 6.54. The summed E-state index contributed by atoms with van der Waals surface area (Å²) in [7, 11) is 0. The second-order valence-corrected chi connectivity index (χ2v) is 4.99. The summed E-state index contributed by atoms with van der Waals surface area (Å²) in [5.41, 5.74) is 1.92. The van der Waals surface area contributed by atoms with Gasteiger partial charge in [0.1, 0.15) is 0 Å². The van der Waals surface area contributed by atoms with Crippen molar-refractivity contribution in [3.05, 3.63) is 66.0 Å². The molecule has 1 aromatic heterocycles. The van der Waals surface area contributed by atoms with Crippen molar-refractivity contribution in [3.8, 4) is 0 Å². The van der Waals surface area contributed by atoms with Crippen molar-refractivity contribution in [2.24, 2.45) is 0 Å². The number of rotatable bonds is 4. The lowest BCUT2D eigenvalue weighted by molar-refractivity contribution is -0.123. The van der Waals surface area contributed by atoms with Crippen LogP contribution in [0.5, 0.6) is 0 Å². The first-order chi connectivity index (χ1) is 9.31. The van der Waals surface area contributed by atoms with Crippen LogP contribution in [0.2, 0.25) is 0 Å². The molecule has 1 aliphatic carbocycles. The molecule has 2 aromatic rings. The van der Waals surface area contributed by atoms with E-state index in [1.807, 2.05) is 42.5 Å². The lowest BCUT2D eigenvalue weighted by Crippen LogP contribution is -2.34. The number of carbonyl (C=O) groups excluding carboxylic acids is 1. The molecule has 0 spiro atoms. The van der Waals surface area contributed by atoms with E-state index in [-0.39, 0.29) is 11.3 Å². The van der Waals surface area contributed by atoms with E-state index < -0.39 is 0 Å². The van der Waals surface area contributed by atoms with Gasteiger partial charge in [-0.05, 0) is 36.1 Å². The molecule has 1 amide bonds. The van der Waals surface area contributed by atoms with Crippen molar-refractivity contribution in [3.63, 3.8) is 0 Å². The van der Waals surface area contributed by atoms with E-state index in [0.29, 0.717) is 6.54 Å². The lowest BCUT2D eigenvalue weighted by atomic mass is 9.95. The van der Waals surface area contributed by atoms with Gasteiger partial charge in [0.05, 0.1) is 5.41 Å². The molecule has 1 heterocycles. The summed E-state index contributed by atoms with van der Waals surface area (Å²) >= 11 is 0. The number of benzene rings is 1. The van der Waals surface area contributed by atoms with Gasteiger partial charge in [-0.25, -0.2) is 0 Å². The molecule has 1 N–H and O–H groups in total. The molecule has 0 atom stereocenters. The molecule has 3 heteroatoms. The van der Waals surface area contributed by atoms with Gasteiger partial charge in [-0.1, -0.05) is 30.3 Å². The molecule has 1 aliphatic rings. The summed E-state index contributed by atoms with van der Waals surface area (Å²) in [5.74, 6) is 0.135. The van der Waals surface area contributed by atoms with E-state index in [4.69, 9.17) is 0 Å². The molecule has 0 saturated heterocycles. The number of hydrogen-bond acceptors (Lipinski definition) is 2. The van der Waals surface area contributed by atoms with Crippen molar-refractivity contribution < 1.29 is 4.79 Å². The van der Waals surface area contributed by atoms with Crippen LogP contribution in [-0.4, -0.2) is 10.9 Å². The highest BCUT2D eigenvalue weighted by atomic mass is 16.2. The van der Waals surface area contributed by atoms with Gasteiger partial charge in [0.2, 0.25) is 5.91 Å². The number of pyridine rings is 1. The number of nitrogens with zero attached hydrogens (tertiary/aromatic N) is 1. The van der Waals surface area contributed by atoms with Gasteiger partial charge in [0, 0.05) is 18.9 Å². The molecule has 3 rings (SSSR count). The molecule has 0 unspecified atom stereocenters. The molecule has 19 heavy (non-hydrogen) atoms. The molecule has 0 aliphatic heterocycles.